The first-order valence-corrected chi connectivity index (χ1v) is 6.01. The minimum atomic E-state index is -0.296. The van der Waals surface area contributed by atoms with E-state index in [0.717, 1.165) is 18.6 Å². The van der Waals surface area contributed by atoms with E-state index < -0.39 is 0 Å². The van der Waals surface area contributed by atoms with E-state index in [0.29, 0.717) is 29.9 Å². The summed E-state index contributed by atoms with van der Waals surface area (Å²) in [5.74, 6) is 1.16. The van der Waals surface area contributed by atoms with Gasteiger partial charge in [-0.2, -0.15) is 5.10 Å². The first-order valence-electron chi connectivity index (χ1n) is 6.01. The molecule has 0 aromatic carbocycles. The first kappa shape index (κ1) is 12.5. The number of hydrazone groups is 1. The summed E-state index contributed by atoms with van der Waals surface area (Å²) in [5.41, 5.74) is 3.71. The number of carbonyl (C=O) groups excluding carboxylic acids is 2. The number of amides is 1. The molecule has 1 N–H and O–H groups in total. The van der Waals surface area contributed by atoms with Crippen molar-refractivity contribution in [2.45, 2.75) is 39.5 Å². The Morgan fingerprint density at radius 1 is 1.39 bits per heavy atom. The van der Waals surface area contributed by atoms with Gasteiger partial charge in [-0.3, -0.25) is 9.59 Å². The molecule has 1 amide bonds. The van der Waals surface area contributed by atoms with E-state index in [1.54, 1.807) is 19.9 Å². The van der Waals surface area contributed by atoms with Crippen molar-refractivity contribution in [3.63, 3.8) is 0 Å². The van der Waals surface area contributed by atoms with Gasteiger partial charge in [-0.05, 0) is 32.8 Å². The Morgan fingerprint density at radius 3 is 2.78 bits per heavy atom. The monoisotopic (exact) mass is 248 g/mol. The first-order chi connectivity index (χ1) is 8.56. The van der Waals surface area contributed by atoms with Crippen molar-refractivity contribution in [1.29, 1.82) is 0 Å². The van der Waals surface area contributed by atoms with Crippen LogP contribution in [0.4, 0.5) is 0 Å². The van der Waals surface area contributed by atoms with E-state index in [1.807, 2.05) is 0 Å². The SMILES string of the molecule is Cc1cc(C(=O)N/N=C2\CCCC(=O)C2)c(C)o1. The van der Waals surface area contributed by atoms with E-state index in [2.05, 4.69) is 10.5 Å². The highest BCUT2D eigenvalue weighted by Gasteiger charge is 2.16. The van der Waals surface area contributed by atoms with Crippen LogP contribution in [0.3, 0.4) is 0 Å². The third-order valence-electron chi connectivity index (χ3n) is 2.92. The van der Waals surface area contributed by atoms with Crippen LogP contribution >= 0.6 is 0 Å². The van der Waals surface area contributed by atoms with E-state index in [9.17, 15) is 9.59 Å². The Kier molecular flexibility index (Phi) is 3.60. The number of nitrogens with one attached hydrogen (secondary N) is 1. The Hall–Kier alpha value is -1.91. The zero-order valence-electron chi connectivity index (χ0n) is 10.6. The van der Waals surface area contributed by atoms with Crippen LogP contribution in [-0.4, -0.2) is 17.4 Å². The molecular formula is C13H16N2O3. The molecule has 0 bridgehead atoms. The number of hydrogen-bond acceptors (Lipinski definition) is 4. The minimum absolute atomic E-state index is 0.185. The number of hydrogen-bond donors (Lipinski definition) is 1. The molecule has 5 heteroatoms. The number of furan rings is 1. The molecule has 96 valence electrons. The molecule has 1 aromatic rings. The lowest BCUT2D eigenvalue weighted by molar-refractivity contribution is -0.118. The molecule has 0 spiro atoms. The maximum Gasteiger partial charge on any atom is 0.274 e. The molecule has 1 saturated carbocycles. The highest BCUT2D eigenvalue weighted by molar-refractivity contribution is 6.04. The fourth-order valence-electron chi connectivity index (χ4n) is 2.04. The molecule has 18 heavy (non-hydrogen) atoms. The van der Waals surface area contributed by atoms with E-state index in [1.165, 1.54) is 0 Å². The van der Waals surface area contributed by atoms with E-state index >= 15 is 0 Å². The molecule has 0 radical (unpaired) electrons. The fraction of sp³-hybridized carbons (Fsp3) is 0.462. The molecule has 1 aliphatic carbocycles. The van der Waals surface area contributed by atoms with Gasteiger partial charge in [0.05, 0.1) is 5.56 Å². The third kappa shape index (κ3) is 2.85. The second kappa shape index (κ2) is 5.16. The standard InChI is InChI=1S/C13H16N2O3/c1-8-6-12(9(2)18-8)13(17)15-14-10-4-3-5-11(16)7-10/h6H,3-5,7H2,1-2H3,(H,15,17)/b14-10+. The normalized spacial score (nSPS) is 18.1. The van der Waals surface area contributed by atoms with Gasteiger partial charge in [0.15, 0.2) is 0 Å². The number of rotatable bonds is 2. The molecule has 1 fully saturated rings. The minimum Gasteiger partial charge on any atom is -0.466 e. The Bertz CT molecular complexity index is 514. The maximum absolute atomic E-state index is 11.8. The summed E-state index contributed by atoms with van der Waals surface area (Å²) in [7, 11) is 0. The van der Waals surface area contributed by atoms with Crippen molar-refractivity contribution < 1.29 is 14.0 Å². The lowest BCUT2D eigenvalue weighted by Gasteiger charge is -2.11. The molecule has 0 saturated heterocycles. The van der Waals surface area contributed by atoms with Gasteiger partial charge in [-0.1, -0.05) is 0 Å². The van der Waals surface area contributed by atoms with Crippen LogP contribution in [0.5, 0.6) is 0 Å². The molecular weight excluding hydrogens is 232 g/mol. The van der Waals surface area contributed by atoms with Crippen LogP contribution in [0.1, 0.15) is 47.6 Å². The molecule has 0 atom stereocenters. The van der Waals surface area contributed by atoms with Crippen LogP contribution in [0, 0.1) is 13.8 Å². The molecule has 0 aliphatic heterocycles. The summed E-state index contributed by atoms with van der Waals surface area (Å²) < 4.78 is 5.28. The van der Waals surface area contributed by atoms with Crippen molar-refractivity contribution >= 4 is 17.4 Å². The predicted molar refractivity (Wildman–Crippen MR) is 66.6 cm³/mol. The van der Waals surface area contributed by atoms with Gasteiger partial charge in [0.25, 0.3) is 5.91 Å². The number of carbonyl (C=O) groups is 2. The van der Waals surface area contributed by atoms with Crippen molar-refractivity contribution in [2.24, 2.45) is 5.10 Å². The molecule has 1 heterocycles. The summed E-state index contributed by atoms with van der Waals surface area (Å²) in [6, 6.07) is 1.68. The fourth-order valence-corrected chi connectivity index (χ4v) is 2.04. The number of Topliss-reactive ketones (excluding diaryl/α,β-unsaturated/α-hetero) is 1. The predicted octanol–water partition coefficient (Wildman–Crippen LogP) is 2.13. The second-order valence-electron chi connectivity index (χ2n) is 4.51. The summed E-state index contributed by atoms with van der Waals surface area (Å²) in [6.07, 6.45) is 2.56. The molecule has 1 aliphatic rings. The average molecular weight is 248 g/mol. The highest BCUT2D eigenvalue weighted by atomic mass is 16.3. The van der Waals surface area contributed by atoms with Gasteiger partial charge in [0.2, 0.25) is 0 Å². The molecule has 2 rings (SSSR count). The molecule has 5 nitrogen and oxygen atoms in total. The molecule has 0 unspecified atom stereocenters. The summed E-state index contributed by atoms with van der Waals surface area (Å²) in [5, 5.41) is 4.01. The van der Waals surface area contributed by atoms with Gasteiger partial charge in [0, 0.05) is 18.6 Å². The molecule has 1 aromatic heterocycles. The topological polar surface area (TPSA) is 71.7 Å². The quantitative estimate of drug-likeness (QED) is 0.815. The number of aryl methyl sites for hydroxylation is 2. The second-order valence-corrected chi connectivity index (χ2v) is 4.51. The van der Waals surface area contributed by atoms with Gasteiger partial charge in [-0.15, -0.1) is 0 Å². The largest absolute Gasteiger partial charge is 0.466 e. The average Bonchev–Trinajstić information content (AvgIpc) is 2.66. The van der Waals surface area contributed by atoms with Crippen LogP contribution in [0.2, 0.25) is 0 Å². The summed E-state index contributed by atoms with van der Waals surface area (Å²) >= 11 is 0. The van der Waals surface area contributed by atoms with E-state index in [4.69, 9.17) is 4.42 Å². The van der Waals surface area contributed by atoms with Gasteiger partial charge in [-0.25, -0.2) is 5.43 Å². The highest BCUT2D eigenvalue weighted by Crippen LogP contribution is 2.14. The van der Waals surface area contributed by atoms with E-state index in [-0.39, 0.29) is 11.7 Å². The summed E-state index contributed by atoms with van der Waals surface area (Å²) in [6.45, 7) is 3.52. The van der Waals surface area contributed by atoms with Crippen LogP contribution in [0.25, 0.3) is 0 Å². The lowest BCUT2D eigenvalue weighted by Crippen LogP contribution is -2.23. The Morgan fingerprint density at radius 2 is 2.17 bits per heavy atom. The Labute approximate surface area is 105 Å². The third-order valence-corrected chi connectivity index (χ3v) is 2.92. The Balaban J connectivity index is 2.01. The number of nitrogens with zero attached hydrogens (tertiary/aromatic N) is 1. The van der Waals surface area contributed by atoms with Crippen molar-refractivity contribution in [1.82, 2.24) is 5.43 Å². The zero-order valence-corrected chi connectivity index (χ0v) is 10.6. The van der Waals surface area contributed by atoms with Crippen LogP contribution in [0.15, 0.2) is 15.6 Å². The zero-order chi connectivity index (χ0) is 13.1. The van der Waals surface area contributed by atoms with Gasteiger partial charge >= 0.3 is 0 Å². The van der Waals surface area contributed by atoms with Crippen molar-refractivity contribution in [3.05, 3.63) is 23.2 Å². The summed E-state index contributed by atoms with van der Waals surface area (Å²) in [4.78, 5) is 23.1. The van der Waals surface area contributed by atoms with Gasteiger partial charge < -0.3 is 4.42 Å². The van der Waals surface area contributed by atoms with Crippen LogP contribution in [-0.2, 0) is 4.79 Å². The number of ketones is 1. The smallest absolute Gasteiger partial charge is 0.274 e. The lowest BCUT2D eigenvalue weighted by atomic mass is 9.97. The van der Waals surface area contributed by atoms with Crippen molar-refractivity contribution in [2.75, 3.05) is 0 Å². The van der Waals surface area contributed by atoms with Gasteiger partial charge in [0.1, 0.15) is 17.3 Å². The maximum atomic E-state index is 11.8. The van der Waals surface area contributed by atoms with Crippen LogP contribution < -0.4 is 5.43 Å². The van der Waals surface area contributed by atoms with Crippen molar-refractivity contribution in [3.8, 4) is 0 Å².